The van der Waals surface area contributed by atoms with Crippen LogP contribution in [0.25, 0.3) is 0 Å². The Morgan fingerprint density at radius 1 is 0.844 bits per heavy atom. The molecule has 6 heteroatoms. The molecule has 4 rings (SSSR count). The average Bonchev–Trinajstić information content (AvgIpc) is 2.85. The number of ether oxygens (including phenoxy) is 2. The molecule has 0 atom stereocenters. The van der Waals surface area contributed by atoms with Crippen molar-refractivity contribution in [2.75, 3.05) is 50.1 Å². The summed E-state index contributed by atoms with van der Waals surface area (Å²) in [6.45, 7) is 4.51. The summed E-state index contributed by atoms with van der Waals surface area (Å²) in [5, 5.41) is 3.00. The van der Waals surface area contributed by atoms with E-state index in [4.69, 9.17) is 9.47 Å². The average molecular weight is 432 g/mol. The lowest BCUT2D eigenvalue weighted by atomic mass is 10.2. The fourth-order valence-corrected chi connectivity index (χ4v) is 3.77. The number of carbonyl (C=O) groups excluding carboxylic acids is 1. The standard InChI is InChI=1S/C26H29N3O3/c1-31-22-13-11-21(12-14-22)29-19-17-28(18-20-29)16-15-26(30)27-24-9-5-6-10-25(24)32-23-7-3-2-4-8-23/h2-14H,15-20H2,1H3,(H,27,30). The summed E-state index contributed by atoms with van der Waals surface area (Å²) < 4.78 is 11.2. The Morgan fingerprint density at radius 2 is 1.53 bits per heavy atom. The number of nitrogens with zero attached hydrogens (tertiary/aromatic N) is 2. The monoisotopic (exact) mass is 431 g/mol. The second-order valence-electron chi connectivity index (χ2n) is 7.74. The highest BCUT2D eigenvalue weighted by Gasteiger charge is 2.18. The van der Waals surface area contributed by atoms with E-state index in [1.807, 2.05) is 66.7 Å². The van der Waals surface area contributed by atoms with Crippen LogP contribution in [0.1, 0.15) is 6.42 Å². The Morgan fingerprint density at radius 3 is 2.25 bits per heavy atom. The van der Waals surface area contributed by atoms with Crippen LogP contribution < -0.4 is 19.7 Å². The summed E-state index contributed by atoms with van der Waals surface area (Å²) in [6.07, 6.45) is 0.447. The van der Waals surface area contributed by atoms with Crippen LogP contribution in [-0.4, -0.2) is 50.6 Å². The minimum absolute atomic E-state index is 0.00769. The molecule has 0 unspecified atom stereocenters. The van der Waals surface area contributed by atoms with Gasteiger partial charge in [0.1, 0.15) is 11.5 Å². The van der Waals surface area contributed by atoms with Crippen molar-refractivity contribution in [1.29, 1.82) is 0 Å². The highest BCUT2D eigenvalue weighted by molar-refractivity contribution is 5.92. The van der Waals surface area contributed by atoms with Crippen LogP contribution in [0.15, 0.2) is 78.9 Å². The first-order chi connectivity index (χ1) is 15.7. The maximum atomic E-state index is 12.6. The van der Waals surface area contributed by atoms with E-state index in [1.165, 1.54) is 5.69 Å². The van der Waals surface area contributed by atoms with Gasteiger partial charge in [-0.1, -0.05) is 30.3 Å². The molecule has 3 aromatic carbocycles. The number of hydrogen-bond acceptors (Lipinski definition) is 5. The summed E-state index contributed by atoms with van der Waals surface area (Å²) in [5.41, 5.74) is 1.89. The molecule has 0 aromatic heterocycles. The molecule has 0 aliphatic carbocycles. The van der Waals surface area contributed by atoms with Crippen molar-refractivity contribution in [2.24, 2.45) is 0 Å². The molecule has 166 valence electrons. The van der Waals surface area contributed by atoms with E-state index < -0.39 is 0 Å². The van der Waals surface area contributed by atoms with Crippen LogP contribution in [0.2, 0.25) is 0 Å². The third-order valence-corrected chi connectivity index (χ3v) is 5.60. The van der Waals surface area contributed by atoms with Crippen molar-refractivity contribution in [3.05, 3.63) is 78.9 Å². The van der Waals surface area contributed by atoms with Gasteiger partial charge in [-0.25, -0.2) is 0 Å². The van der Waals surface area contributed by atoms with Crippen molar-refractivity contribution in [3.8, 4) is 17.2 Å². The molecule has 1 aliphatic heterocycles. The summed E-state index contributed by atoms with van der Waals surface area (Å²) in [5.74, 6) is 2.24. The molecular weight excluding hydrogens is 402 g/mol. The number of hydrogen-bond donors (Lipinski definition) is 1. The van der Waals surface area contributed by atoms with Gasteiger partial charge in [-0.15, -0.1) is 0 Å². The Kier molecular flexibility index (Phi) is 7.25. The highest BCUT2D eigenvalue weighted by Crippen LogP contribution is 2.29. The predicted octanol–water partition coefficient (Wildman–Crippen LogP) is 4.64. The van der Waals surface area contributed by atoms with Crippen LogP contribution in [0.4, 0.5) is 11.4 Å². The normalized spacial score (nSPS) is 14.1. The number of benzene rings is 3. The van der Waals surface area contributed by atoms with Gasteiger partial charge in [0, 0.05) is 44.8 Å². The molecule has 1 amide bonds. The lowest BCUT2D eigenvalue weighted by molar-refractivity contribution is -0.116. The van der Waals surface area contributed by atoms with Crippen molar-refractivity contribution < 1.29 is 14.3 Å². The van der Waals surface area contributed by atoms with E-state index in [-0.39, 0.29) is 5.91 Å². The summed E-state index contributed by atoms with van der Waals surface area (Å²) in [7, 11) is 1.68. The summed E-state index contributed by atoms with van der Waals surface area (Å²) in [6, 6.07) is 25.3. The number of piperazine rings is 1. The van der Waals surface area contributed by atoms with Crippen LogP contribution in [0.5, 0.6) is 17.2 Å². The number of methoxy groups -OCH3 is 1. The second-order valence-corrected chi connectivity index (χ2v) is 7.74. The Balaban J connectivity index is 1.24. The Labute approximate surface area is 189 Å². The van der Waals surface area contributed by atoms with E-state index in [2.05, 4.69) is 27.2 Å². The first-order valence-electron chi connectivity index (χ1n) is 10.9. The highest BCUT2D eigenvalue weighted by atomic mass is 16.5. The molecule has 0 saturated carbocycles. The van der Waals surface area contributed by atoms with Crippen molar-refractivity contribution in [3.63, 3.8) is 0 Å². The van der Waals surface area contributed by atoms with E-state index in [1.54, 1.807) is 7.11 Å². The number of amides is 1. The molecule has 0 radical (unpaired) electrons. The zero-order chi connectivity index (χ0) is 22.2. The number of para-hydroxylation sites is 3. The number of nitrogens with one attached hydrogen (secondary N) is 1. The lowest BCUT2D eigenvalue weighted by Crippen LogP contribution is -2.47. The summed E-state index contributed by atoms with van der Waals surface area (Å²) in [4.78, 5) is 17.3. The first kappa shape index (κ1) is 21.7. The fraction of sp³-hybridized carbons (Fsp3) is 0.269. The summed E-state index contributed by atoms with van der Waals surface area (Å²) >= 11 is 0. The molecule has 1 saturated heterocycles. The topological polar surface area (TPSA) is 54.0 Å². The predicted molar refractivity (Wildman–Crippen MR) is 128 cm³/mol. The maximum absolute atomic E-state index is 12.6. The first-order valence-corrected chi connectivity index (χ1v) is 10.9. The van der Waals surface area contributed by atoms with Gasteiger partial charge in [-0.3, -0.25) is 9.69 Å². The van der Waals surface area contributed by atoms with Crippen molar-refractivity contribution >= 4 is 17.3 Å². The molecule has 0 bridgehead atoms. The minimum atomic E-state index is -0.00769. The minimum Gasteiger partial charge on any atom is -0.497 e. The van der Waals surface area contributed by atoms with Crippen LogP contribution >= 0.6 is 0 Å². The van der Waals surface area contributed by atoms with Gasteiger partial charge in [-0.2, -0.15) is 0 Å². The molecule has 3 aromatic rings. The van der Waals surface area contributed by atoms with Gasteiger partial charge in [0.2, 0.25) is 5.91 Å². The molecule has 0 spiro atoms. The lowest BCUT2D eigenvalue weighted by Gasteiger charge is -2.36. The largest absolute Gasteiger partial charge is 0.497 e. The number of rotatable bonds is 8. The third-order valence-electron chi connectivity index (χ3n) is 5.60. The van der Waals surface area contributed by atoms with Gasteiger partial charge < -0.3 is 19.7 Å². The molecule has 1 aliphatic rings. The smallest absolute Gasteiger partial charge is 0.225 e. The van der Waals surface area contributed by atoms with Crippen molar-refractivity contribution in [2.45, 2.75) is 6.42 Å². The molecular formula is C26H29N3O3. The Bertz CT molecular complexity index is 1000. The van der Waals surface area contributed by atoms with Crippen LogP contribution in [0.3, 0.4) is 0 Å². The van der Waals surface area contributed by atoms with Gasteiger partial charge >= 0.3 is 0 Å². The van der Waals surface area contributed by atoms with Gasteiger partial charge in [0.15, 0.2) is 5.75 Å². The van der Waals surface area contributed by atoms with Crippen molar-refractivity contribution in [1.82, 2.24) is 4.90 Å². The third kappa shape index (κ3) is 5.80. The van der Waals surface area contributed by atoms with E-state index in [0.717, 1.165) is 44.2 Å². The second kappa shape index (κ2) is 10.7. The van der Waals surface area contributed by atoms with E-state index in [0.29, 0.717) is 17.9 Å². The quantitative estimate of drug-likeness (QED) is 0.563. The van der Waals surface area contributed by atoms with Gasteiger partial charge in [0.25, 0.3) is 0 Å². The van der Waals surface area contributed by atoms with Gasteiger partial charge in [-0.05, 0) is 48.5 Å². The van der Waals surface area contributed by atoms with Crippen LogP contribution in [-0.2, 0) is 4.79 Å². The van der Waals surface area contributed by atoms with E-state index >= 15 is 0 Å². The zero-order valence-corrected chi connectivity index (χ0v) is 18.4. The molecule has 1 N–H and O–H groups in total. The molecule has 32 heavy (non-hydrogen) atoms. The zero-order valence-electron chi connectivity index (χ0n) is 18.4. The molecule has 1 fully saturated rings. The number of carbonyl (C=O) groups is 1. The van der Waals surface area contributed by atoms with Crippen LogP contribution in [0, 0.1) is 0 Å². The SMILES string of the molecule is COc1ccc(N2CCN(CCC(=O)Nc3ccccc3Oc3ccccc3)CC2)cc1. The van der Waals surface area contributed by atoms with E-state index in [9.17, 15) is 4.79 Å². The Hall–Kier alpha value is -3.51. The fourth-order valence-electron chi connectivity index (χ4n) is 3.77. The number of anilines is 2. The van der Waals surface area contributed by atoms with Gasteiger partial charge in [0.05, 0.1) is 12.8 Å². The molecule has 1 heterocycles. The maximum Gasteiger partial charge on any atom is 0.225 e. The molecule has 6 nitrogen and oxygen atoms in total.